The SMILES string of the molecule is CC(=O)c1ccc(NC(=O)C[C@@H]2C(=O)Nc3ccccc3N2C(C)=O)cc1. The first-order valence-electron chi connectivity index (χ1n) is 8.47. The molecule has 0 saturated carbocycles. The number of rotatable bonds is 4. The molecule has 138 valence electrons. The molecule has 1 aliphatic rings. The van der Waals surface area contributed by atoms with Gasteiger partial charge in [0.25, 0.3) is 0 Å². The molecule has 7 heteroatoms. The number of hydrogen-bond donors (Lipinski definition) is 2. The molecule has 0 spiro atoms. The van der Waals surface area contributed by atoms with Crippen molar-refractivity contribution in [3.8, 4) is 0 Å². The molecule has 0 radical (unpaired) electrons. The standard InChI is InChI=1S/C20H19N3O4/c1-12(24)14-7-9-15(10-8-14)21-19(26)11-18-20(27)22-16-5-3-4-6-17(16)23(18)13(2)25/h3-10,18H,11H2,1-2H3,(H,21,26)(H,22,27)/t18-/m1/s1. The predicted octanol–water partition coefficient (Wildman–Crippen LogP) is 2.59. The first kappa shape index (κ1) is 18.3. The minimum absolute atomic E-state index is 0.0671. The summed E-state index contributed by atoms with van der Waals surface area (Å²) in [6.07, 6.45) is -0.186. The summed E-state index contributed by atoms with van der Waals surface area (Å²) in [7, 11) is 0. The van der Waals surface area contributed by atoms with Crippen LogP contribution in [0, 0.1) is 0 Å². The number of nitrogens with zero attached hydrogens (tertiary/aromatic N) is 1. The summed E-state index contributed by atoms with van der Waals surface area (Å²) in [5.74, 6) is -1.20. The van der Waals surface area contributed by atoms with Gasteiger partial charge in [-0.2, -0.15) is 0 Å². The zero-order valence-corrected chi connectivity index (χ0v) is 15.0. The Morgan fingerprint density at radius 3 is 2.33 bits per heavy atom. The molecule has 7 nitrogen and oxygen atoms in total. The lowest BCUT2D eigenvalue weighted by atomic mass is 10.0. The summed E-state index contributed by atoms with van der Waals surface area (Å²) in [4.78, 5) is 49.7. The topological polar surface area (TPSA) is 95.6 Å². The molecular weight excluding hydrogens is 346 g/mol. The van der Waals surface area contributed by atoms with E-state index < -0.39 is 17.9 Å². The van der Waals surface area contributed by atoms with E-state index in [1.807, 2.05) is 0 Å². The van der Waals surface area contributed by atoms with Crippen LogP contribution in [0.1, 0.15) is 30.6 Å². The van der Waals surface area contributed by atoms with Crippen molar-refractivity contribution in [3.05, 3.63) is 54.1 Å². The molecule has 27 heavy (non-hydrogen) atoms. The van der Waals surface area contributed by atoms with E-state index in [1.165, 1.54) is 18.7 Å². The smallest absolute Gasteiger partial charge is 0.248 e. The van der Waals surface area contributed by atoms with Gasteiger partial charge < -0.3 is 10.6 Å². The number of anilines is 3. The third-order valence-corrected chi connectivity index (χ3v) is 4.33. The van der Waals surface area contributed by atoms with Crippen LogP contribution >= 0.6 is 0 Å². The van der Waals surface area contributed by atoms with E-state index in [9.17, 15) is 19.2 Å². The van der Waals surface area contributed by atoms with Crippen molar-refractivity contribution in [2.24, 2.45) is 0 Å². The molecule has 2 N–H and O–H groups in total. The largest absolute Gasteiger partial charge is 0.326 e. The van der Waals surface area contributed by atoms with E-state index in [4.69, 9.17) is 0 Å². The second-order valence-electron chi connectivity index (χ2n) is 6.30. The number of amides is 3. The molecule has 0 bridgehead atoms. The maximum absolute atomic E-state index is 12.5. The van der Waals surface area contributed by atoms with E-state index >= 15 is 0 Å². The molecule has 1 atom stereocenters. The first-order valence-corrected chi connectivity index (χ1v) is 8.47. The van der Waals surface area contributed by atoms with Crippen molar-refractivity contribution in [2.75, 3.05) is 15.5 Å². The number of benzene rings is 2. The van der Waals surface area contributed by atoms with Crippen molar-refractivity contribution in [1.82, 2.24) is 0 Å². The average molecular weight is 365 g/mol. The first-order chi connectivity index (χ1) is 12.9. The van der Waals surface area contributed by atoms with Crippen molar-refractivity contribution < 1.29 is 19.2 Å². The third kappa shape index (κ3) is 3.87. The Morgan fingerprint density at radius 1 is 1.04 bits per heavy atom. The monoisotopic (exact) mass is 365 g/mol. The van der Waals surface area contributed by atoms with Crippen LogP contribution in [0.15, 0.2) is 48.5 Å². The van der Waals surface area contributed by atoms with Gasteiger partial charge in [-0.3, -0.25) is 24.1 Å². The summed E-state index contributed by atoms with van der Waals surface area (Å²) < 4.78 is 0. The highest BCUT2D eigenvalue weighted by Gasteiger charge is 2.36. The van der Waals surface area contributed by atoms with E-state index in [2.05, 4.69) is 10.6 Å². The lowest BCUT2D eigenvalue weighted by molar-refractivity contribution is -0.125. The van der Waals surface area contributed by atoms with Crippen LogP contribution in [-0.2, 0) is 14.4 Å². The quantitative estimate of drug-likeness (QED) is 0.814. The molecule has 0 aromatic heterocycles. The number of nitrogens with one attached hydrogen (secondary N) is 2. The highest BCUT2D eigenvalue weighted by molar-refractivity contribution is 6.13. The Balaban J connectivity index is 1.77. The van der Waals surface area contributed by atoms with Gasteiger partial charge in [-0.15, -0.1) is 0 Å². The highest BCUT2D eigenvalue weighted by atomic mass is 16.2. The minimum Gasteiger partial charge on any atom is -0.326 e. The van der Waals surface area contributed by atoms with Gasteiger partial charge in [0, 0.05) is 18.2 Å². The fourth-order valence-electron chi connectivity index (χ4n) is 3.04. The number of Topliss-reactive ketones (excluding diaryl/α,β-unsaturated/α-hetero) is 1. The number of para-hydroxylation sites is 2. The minimum atomic E-state index is -0.936. The van der Waals surface area contributed by atoms with E-state index in [-0.39, 0.29) is 18.1 Å². The molecule has 2 aromatic rings. The van der Waals surface area contributed by atoms with Gasteiger partial charge in [0.15, 0.2) is 5.78 Å². The summed E-state index contributed by atoms with van der Waals surface area (Å²) in [5.41, 5.74) is 2.15. The fourth-order valence-corrected chi connectivity index (χ4v) is 3.04. The maximum Gasteiger partial charge on any atom is 0.248 e. The van der Waals surface area contributed by atoms with Crippen molar-refractivity contribution in [2.45, 2.75) is 26.3 Å². The molecule has 0 fully saturated rings. The Kier molecular flexibility index (Phi) is 5.03. The van der Waals surface area contributed by atoms with Crippen LogP contribution in [0.5, 0.6) is 0 Å². The average Bonchev–Trinajstić information content (AvgIpc) is 2.62. The molecule has 0 unspecified atom stereocenters. The lowest BCUT2D eigenvalue weighted by Crippen LogP contribution is -2.51. The van der Waals surface area contributed by atoms with E-state index in [0.29, 0.717) is 22.6 Å². The predicted molar refractivity (Wildman–Crippen MR) is 102 cm³/mol. The van der Waals surface area contributed by atoms with Crippen molar-refractivity contribution in [3.63, 3.8) is 0 Å². The van der Waals surface area contributed by atoms with Gasteiger partial charge in [0.2, 0.25) is 17.7 Å². The van der Waals surface area contributed by atoms with Gasteiger partial charge in [0.1, 0.15) is 6.04 Å². The fraction of sp³-hybridized carbons (Fsp3) is 0.200. The summed E-state index contributed by atoms with van der Waals surface area (Å²) in [5, 5.41) is 5.42. The Labute approximate surface area is 156 Å². The number of ketones is 1. The van der Waals surface area contributed by atoms with Crippen LogP contribution in [-0.4, -0.2) is 29.5 Å². The number of fused-ring (bicyclic) bond motifs is 1. The summed E-state index contributed by atoms with van der Waals surface area (Å²) in [6, 6.07) is 12.5. The molecule has 1 heterocycles. The Morgan fingerprint density at radius 2 is 1.70 bits per heavy atom. The van der Waals surface area contributed by atoms with Gasteiger partial charge >= 0.3 is 0 Å². The normalized spacial score (nSPS) is 15.6. The molecule has 1 aliphatic heterocycles. The third-order valence-electron chi connectivity index (χ3n) is 4.33. The second-order valence-corrected chi connectivity index (χ2v) is 6.30. The molecule has 3 rings (SSSR count). The van der Waals surface area contributed by atoms with Crippen LogP contribution in [0.2, 0.25) is 0 Å². The molecule has 2 aromatic carbocycles. The molecular formula is C20H19N3O4. The summed E-state index contributed by atoms with van der Waals surface area (Å²) >= 11 is 0. The van der Waals surface area contributed by atoms with Crippen LogP contribution in [0.25, 0.3) is 0 Å². The number of carbonyl (C=O) groups excluding carboxylic acids is 4. The zero-order chi connectivity index (χ0) is 19.6. The summed E-state index contributed by atoms with van der Waals surface area (Å²) in [6.45, 7) is 2.82. The van der Waals surface area contributed by atoms with E-state index in [1.54, 1.807) is 48.5 Å². The second kappa shape index (κ2) is 7.41. The lowest BCUT2D eigenvalue weighted by Gasteiger charge is -2.35. The van der Waals surface area contributed by atoms with Gasteiger partial charge in [-0.25, -0.2) is 0 Å². The van der Waals surface area contributed by atoms with Crippen LogP contribution in [0.4, 0.5) is 17.1 Å². The number of carbonyl (C=O) groups is 4. The molecule has 0 aliphatic carbocycles. The van der Waals surface area contributed by atoms with Crippen molar-refractivity contribution in [1.29, 1.82) is 0 Å². The Hall–Kier alpha value is -3.48. The van der Waals surface area contributed by atoms with Gasteiger partial charge in [0.05, 0.1) is 17.8 Å². The van der Waals surface area contributed by atoms with Crippen molar-refractivity contribution >= 4 is 40.6 Å². The van der Waals surface area contributed by atoms with Crippen LogP contribution < -0.4 is 15.5 Å². The molecule has 3 amide bonds. The van der Waals surface area contributed by atoms with E-state index in [0.717, 1.165) is 0 Å². The Bertz CT molecular complexity index is 921. The highest BCUT2D eigenvalue weighted by Crippen LogP contribution is 2.32. The van der Waals surface area contributed by atoms with Crippen LogP contribution in [0.3, 0.4) is 0 Å². The number of hydrogen-bond acceptors (Lipinski definition) is 4. The van der Waals surface area contributed by atoms with Gasteiger partial charge in [-0.1, -0.05) is 12.1 Å². The van der Waals surface area contributed by atoms with Gasteiger partial charge in [-0.05, 0) is 43.3 Å². The zero-order valence-electron chi connectivity index (χ0n) is 15.0. The molecule has 0 saturated heterocycles. The maximum atomic E-state index is 12.5.